The van der Waals surface area contributed by atoms with E-state index in [0.717, 1.165) is 13.1 Å². The van der Waals surface area contributed by atoms with Gasteiger partial charge < -0.3 is 20.1 Å². The normalized spacial score (nSPS) is 14.5. The van der Waals surface area contributed by atoms with Gasteiger partial charge in [-0.2, -0.15) is 26.3 Å². The number of halogens is 6. The molecule has 1 aromatic heterocycles. The second-order valence-corrected chi connectivity index (χ2v) is 3.93. The van der Waals surface area contributed by atoms with Crippen LogP contribution in [0.15, 0.2) is 18.7 Å². The molecule has 0 bridgehead atoms. The molecule has 0 radical (unpaired) electrons. The number of carboxylic acid groups (broad SMARTS) is 2. The maximum Gasteiger partial charge on any atom is 0.490 e. The van der Waals surface area contributed by atoms with Crippen LogP contribution in [0.3, 0.4) is 0 Å². The Morgan fingerprint density at radius 3 is 1.61 bits per heavy atom. The number of rotatable bonds is 1. The Morgan fingerprint density at radius 1 is 1.04 bits per heavy atom. The minimum atomic E-state index is -5.08. The van der Waals surface area contributed by atoms with Crippen molar-refractivity contribution in [2.75, 3.05) is 13.1 Å². The minimum absolute atomic E-state index is 0.660. The molecule has 13 heteroatoms. The highest BCUT2D eigenvalue weighted by Gasteiger charge is 2.38. The quantitative estimate of drug-likeness (QED) is 0.659. The van der Waals surface area contributed by atoms with E-state index in [4.69, 9.17) is 19.8 Å². The fourth-order valence-electron chi connectivity index (χ4n) is 0.970. The zero-order valence-corrected chi connectivity index (χ0v) is 11.1. The zero-order chi connectivity index (χ0) is 18.3. The number of carboxylic acids is 2. The molecule has 23 heavy (non-hydrogen) atoms. The molecule has 0 spiro atoms. The Kier molecular flexibility index (Phi) is 7.52. The molecule has 1 aromatic rings. The van der Waals surface area contributed by atoms with Gasteiger partial charge in [0.25, 0.3) is 0 Å². The van der Waals surface area contributed by atoms with Crippen molar-refractivity contribution in [1.82, 2.24) is 14.9 Å². The summed E-state index contributed by atoms with van der Waals surface area (Å²) in [6.45, 7) is 2.19. The van der Waals surface area contributed by atoms with Crippen LogP contribution >= 0.6 is 0 Å². The van der Waals surface area contributed by atoms with Crippen molar-refractivity contribution in [2.24, 2.45) is 0 Å². The SMILES string of the molecule is O=C(O)C(F)(F)F.O=C(O)C(F)(F)F.c1cn(C2CNC2)cn1. The van der Waals surface area contributed by atoms with E-state index < -0.39 is 24.3 Å². The van der Waals surface area contributed by atoms with Gasteiger partial charge in [-0.3, -0.25) is 0 Å². The number of nitrogens with one attached hydrogen (secondary N) is 1. The molecule has 3 N–H and O–H groups in total. The van der Waals surface area contributed by atoms with E-state index in [1.54, 1.807) is 0 Å². The average Bonchev–Trinajstić information content (AvgIpc) is 2.79. The molecule has 2 heterocycles. The lowest BCUT2D eigenvalue weighted by Crippen LogP contribution is -2.42. The van der Waals surface area contributed by atoms with Gasteiger partial charge in [0.1, 0.15) is 0 Å². The van der Waals surface area contributed by atoms with Gasteiger partial charge in [0, 0.05) is 25.5 Å². The highest BCUT2D eigenvalue weighted by Crippen LogP contribution is 2.13. The highest BCUT2D eigenvalue weighted by atomic mass is 19.4. The molecule has 2 rings (SSSR count). The summed E-state index contributed by atoms with van der Waals surface area (Å²) in [6.07, 6.45) is -4.48. The van der Waals surface area contributed by atoms with E-state index >= 15 is 0 Å². The lowest BCUT2D eigenvalue weighted by atomic mass is 10.2. The van der Waals surface area contributed by atoms with Gasteiger partial charge in [0.15, 0.2) is 0 Å². The summed E-state index contributed by atoms with van der Waals surface area (Å²) in [4.78, 5) is 21.8. The molecular formula is C10H11F6N3O4. The van der Waals surface area contributed by atoms with Crippen molar-refractivity contribution in [3.63, 3.8) is 0 Å². The third kappa shape index (κ3) is 8.65. The molecule has 1 aliphatic heterocycles. The molecule has 1 fully saturated rings. The second-order valence-electron chi connectivity index (χ2n) is 3.93. The number of alkyl halides is 6. The first-order valence-electron chi connectivity index (χ1n) is 5.64. The summed E-state index contributed by atoms with van der Waals surface area (Å²) >= 11 is 0. The predicted octanol–water partition coefficient (Wildman–Crippen LogP) is 1.29. The molecule has 0 atom stereocenters. The molecule has 1 aliphatic rings. The fourth-order valence-corrected chi connectivity index (χ4v) is 0.970. The summed E-state index contributed by atoms with van der Waals surface area (Å²) in [7, 11) is 0. The van der Waals surface area contributed by atoms with Crippen molar-refractivity contribution in [3.8, 4) is 0 Å². The van der Waals surface area contributed by atoms with E-state index in [1.165, 1.54) is 0 Å². The Morgan fingerprint density at radius 2 is 1.43 bits per heavy atom. The van der Waals surface area contributed by atoms with Crippen LogP contribution in [0, 0.1) is 0 Å². The van der Waals surface area contributed by atoms with Crippen LogP contribution < -0.4 is 5.32 Å². The monoisotopic (exact) mass is 351 g/mol. The predicted molar refractivity (Wildman–Crippen MR) is 61.5 cm³/mol. The van der Waals surface area contributed by atoms with Crippen molar-refractivity contribution >= 4 is 11.9 Å². The van der Waals surface area contributed by atoms with Crippen LogP contribution in [0.25, 0.3) is 0 Å². The maximum absolute atomic E-state index is 10.6. The van der Waals surface area contributed by atoms with Crippen LogP contribution in [-0.4, -0.2) is 57.1 Å². The minimum Gasteiger partial charge on any atom is -0.475 e. The zero-order valence-electron chi connectivity index (χ0n) is 11.1. The number of imidazole rings is 1. The molecular weight excluding hydrogens is 340 g/mol. The summed E-state index contributed by atoms with van der Waals surface area (Å²) in [5.74, 6) is -5.51. The number of hydrogen-bond donors (Lipinski definition) is 3. The number of aromatic nitrogens is 2. The number of nitrogens with zero attached hydrogens (tertiary/aromatic N) is 2. The van der Waals surface area contributed by atoms with Gasteiger partial charge in [-0.25, -0.2) is 14.6 Å². The van der Waals surface area contributed by atoms with Crippen LogP contribution in [0.1, 0.15) is 6.04 Å². The Hall–Kier alpha value is -2.31. The van der Waals surface area contributed by atoms with E-state index in [2.05, 4.69) is 14.9 Å². The number of aliphatic carboxylic acids is 2. The standard InChI is InChI=1S/C6H9N3.2C2HF3O2/c1-2-9(5-7-1)6-3-8-4-6;2*3-2(4,5)1(6)7/h1-2,5-6,8H,3-4H2;2*(H,6,7). The molecule has 0 unspecified atom stereocenters. The first-order chi connectivity index (χ1) is 10.4. The average molecular weight is 351 g/mol. The number of carbonyl (C=O) groups is 2. The molecule has 0 saturated carbocycles. The van der Waals surface area contributed by atoms with E-state index in [1.807, 2.05) is 18.7 Å². The van der Waals surface area contributed by atoms with Gasteiger partial charge in [-0.05, 0) is 0 Å². The van der Waals surface area contributed by atoms with Crippen molar-refractivity contribution < 1.29 is 46.1 Å². The van der Waals surface area contributed by atoms with Crippen molar-refractivity contribution in [1.29, 1.82) is 0 Å². The van der Waals surface area contributed by atoms with E-state index in [9.17, 15) is 26.3 Å². The molecule has 7 nitrogen and oxygen atoms in total. The Bertz CT molecular complexity index is 472. The first kappa shape index (κ1) is 20.7. The van der Waals surface area contributed by atoms with Gasteiger partial charge >= 0.3 is 24.3 Å². The first-order valence-corrected chi connectivity index (χ1v) is 5.64. The topological polar surface area (TPSA) is 104 Å². The third-order valence-electron chi connectivity index (χ3n) is 2.19. The van der Waals surface area contributed by atoms with Crippen molar-refractivity contribution in [3.05, 3.63) is 18.7 Å². The van der Waals surface area contributed by atoms with Gasteiger partial charge in [-0.1, -0.05) is 0 Å². The molecule has 0 amide bonds. The van der Waals surface area contributed by atoms with Gasteiger partial charge in [-0.15, -0.1) is 0 Å². The summed E-state index contributed by atoms with van der Waals surface area (Å²) < 4.78 is 65.6. The lowest BCUT2D eigenvalue weighted by molar-refractivity contribution is -0.193. The van der Waals surface area contributed by atoms with Crippen LogP contribution in [0.2, 0.25) is 0 Å². The lowest BCUT2D eigenvalue weighted by Gasteiger charge is -2.27. The van der Waals surface area contributed by atoms with Crippen LogP contribution in [-0.2, 0) is 9.59 Å². The largest absolute Gasteiger partial charge is 0.490 e. The maximum atomic E-state index is 10.6. The van der Waals surface area contributed by atoms with Gasteiger partial charge in [0.2, 0.25) is 0 Å². The van der Waals surface area contributed by atoms with Crippen molar-refractivity contribution in [2.45, 2.75) is 18.4 Å². The number of hydrogen-bond acceptors (Lipinski definition) is 4. The Balaban J connectivity index is 0.000000322. The summed E-state index contributed by atoms with van der Waals surface area (Å²) in [5.41, 5.74) is 0. The molecule has 0 aliphatic carbocycles. The van der Waals surface area contributed by atoms with Crippen LogP contribution in [0.5, 0.6) is 0 Å². The molecule has 0 aromatic carbocycles. The van der Waals surface area contributed by atoms with Crippen LogP contribution in [0.4, 0.5) is 26.3 Å². The Labute approximate surface area is 124 Å². The smallest absolute Gasteiger partial charge is 0.475 e. The molecule has 1 saturated heterocycles. The van der Waals surface area contributed by atoms with E-state index in [-0.39, 0.29) is 0 Å². The van der Waals surface area contributed by atoms with E-state index in [0.29, 0.717) is 6.04 Å². The molecule has 132 valence electrons. The highest BCUT2D eigenvalue weighted by molar-refractivity contribution is 5.73. The third-order valence-corrected chi connectivity index (χ3v) is 2.19. The summed E-state index contributed by atoms with van der Waals surface area (Å²) in [5, 5.41) is 17.5. The second kappa shape index (κ2) is 8.36. The fraction of sp³-hybridized carbons (Fsp3) is 0.500. The summed E-state index contributed by atoms with van der Waals surface area (Å²) in [6, 6.07) is 0.660. The van der Waals surface area contributed by atoms with Gasteiger partial charge in [0.05, 0.1) is 12.4 Å².